The normalized spacial score (nSPS) is 23.4. The van der Waals surface area contributed by atoms with Crippen LogP contribution in [-0.4, -0.2) is 41.6 Å². The number of ether oxygens (including phenoxy) is 1. The maximum atomic E-state index is 15.0. The molecule has 3 aromatic heterocycles. The second kappa shape index (κ2) is 6.99. The summed E-state index contributed by atoms with van der Waals surface area (Å²) in [6.07, 6.45) is 8.49. The predicted octanol–water partition coefficient (Wildman–Crippen LogP) is 3.39. The van der Waals surface area contributed by atoms with Gasteiger partial charge in [-0.05, 0) is 37.5 Å². The van der Waals surface area contributed by atoms with Crippen LogP contribution in [0.3, 0.4) is 0 Å². The Bertz CT molecular complexity index is 1510. The van der Waals surface area contributed by atoms with E-state index in [1.807, 2.05) is 11.5 Å². The molecule has 1 aromatic carbocycles. The molecule has 34 heavy (non-hydrogen) atoms. The lowest BCUT2D eigenvalue weighted by molar-refractivity contribution is -0.0906. The van der Waals surface area contributed by atoms with Crippen LogP contribution >= 0.6 is 0 Å². The number of fused-ring (bicyclic) bond motifs is 2. The minimum absolute atomic E-state index is 0.101. The Balaban J connectivity index is 1.38. The largest absolute Gasteiger partial charge is 0.378 e. The Morgan fingerprint density at radius 2 is 1.97 bits per heavy atom. The SMILES string of the molecule is COC12CCC(n3c(=O)n(C)c4cnc(Nc5cc(F)c(-c6cnn(C)c6)cc5C)nc43)(C1)C2. The van der Waals surface area contributed by atoms with E-state index in [9.17, 15) is 9.18 Å². The number of rotatable bonds is 5. The molecule has 3 aliphatic carbocycles. The fourth-order valence-electron chi connectivity index (χ4n) is 5.80. The number of methoxy groups -OCH3 is 1. The molecule has 176 valence electrons. The van der Waals surface area contributed by atoms with E-state index in [1.54, 1.807) is 55.1 Å². The highest BCUT2D eigenvalue weighted by Gasteiger charge is 2.63. The molecule has 0 spiro atoms. The first-order valence-electron chi connectivity index (χ1n) is 11.3. The lowest BCUT2D eigenvalue weighted by atomic mass is 9.73. The molecule has 3 fully saturated rings. The minimum atomic E-state index is -0.367. The molecule has 0 atom stereocenters. The second-order valence-electron chi connectivity index (χ2n) is 9.72. The minimum Gasteiger partial charge on any atom is -0.378 e. The lowest BCUT2D eigenvalue weighted by Crippen LogP contribution is -2.53. The van der Waals surface area contributed by atoms with Crippen molar-refractivity contribution in [3.05, 3.63) is 52.6 Å². The quantitative estimate of drug-likeness (QED) is 0.488. The first-order valence-corrected chi connectivity index (χ1v) is 11.3. The van der Waals surface area contributed by atoms with E-state index < -0.39 is 0 Å². The highest BCUT2D eigenvalue weighted by atomic mass is 19.1. The Labute approximate surface area is 195 Å². The van der Waals surface area contributed by atoms with Gasteiger partial charge >= 0.3 is 5.69 Å². The van der Waals surface area contributed by atoms with Crippen molar-refractivity contribution < 1.29 is 9.13 Å². The molecule has 0 saturated heterocycles. The van der Waals surface area contributed by atoms with Gasteiger partial charge < -0.3 is 10.1 Å². The highest BCUT2D eigenvalue weighted by Crippen LogP contribution is 2.61. The van der Waals surface area contributed by atoms with Gasteiger partial charge in [0.15, 0.2) is 5.65 Å². The maximum absolute atomic E-state index is 15.0. The molecular weight excluding hydrogens is 437 g/mol. The number of halogens is 1. The maximum Gasteiger partial charge on any atom is 0.330 e. The molecule has 9 nitrogen and oxygen atoms in total. The lowest BCUT2D eigenvalue weighted by Gasteiger charge is -2.46. The third-order valence-electron chi connectivity index (χ3n) is 7.63. The number of aromatic nitrogens is 6. The third kappa shape index (κ3) is 2.87. The van der Waals surface area contributed by atoms with Gasteiger partial charge in [-0.25, -0.2) is 14.2 Å². The van der Waals surface area contributed by atoms with Crippen LogP contribution in [-0.2, 0) is 24.4 Å². The van der Waals surface area contributed by atoms with Crippen LogP contribution in [0.4, 0.5) is 16.0 Å². The van der Waals surface area contributed by atoms with Crippen LogP contribution in [0.2, 0.25) is 0 Å². The van der Waals surface area contributed by atoms with Crippen molar-refractivity contribution in [3.63, 3.8) is 0 Å². The summed E-state index contributed by atoms with van der Waals surface area (Å²) in [7, 11) is 5.28. The summed E-state index contributed by atoms with van der Waals surface area (Å²) in [6.45, 7) is 1.90. The number of imidazole rings is 1. The van der Waals surface area contributed by atoms with Crippen molar-refractivity contribution in [2.24, 2.45) is 14.1 Å². The fourth-order valence-corrected chi connectivity index (χ4v) is 5.80. The number of aryl methyl sites for hydroxylation is 3. The van der Waals surface area contributed by atoms with E-state index in [2.05, 4.69) is 15.4 Å². The first-order chi connectivity index (χ1) is 16.2. The Hall–Kier alpha value is -3.53. The van der Waals surface area contributed by atoms with Crippen molar-refractivity contribution in [1.29, 1.82) is 0 Å². The molecular formula is C24H26FN7O2. The van der Waals surface area contributed by atoms with Crippen LogP contribution in [0, 0.1) is 12.7 Å². The fraction of sp³-hybridized carbons (Fsp3) is 0.417. The van der Waals surface area contributed by atoms with E-state index in [4.69, 9.17) is 9.72 Å². The first kappa shape index (κ1) is 21.0. The van der Waals surface area contributed by atoms with Crippen molar-refractivity contribution in [2.75, 3.05) is 12.4 Å². The summed E-state index contributed by atoms with van der Waals surface area (Å²) in [6, 6.07) is 3.22. The number of benzene rings is 1. The average molecular weight is 464 g/mol. The average Bonchev–Trinajstić information content (AvgIpc) is 3.53. The van der Waals surface area contributed by atoms with Crippen molar-refractivity contribution in [3.8, 4) is 11.1 Å². The summed E-state index contributed by atoms with van der Waals surface area (Å²) in [5.41, 5.74) is 3.36. The van der Waals surface area contributed by atoms with Gasteiger partial charge in [-0.3, -0.25) is 13.8 Å². The summed E-state index contributed by atoms with van der Waals surface area (Å²) in [4.78, 5) is 22.3. The predicted molar refractivity (Wildman–Crippen MR) is 126 cm³/mol. The molecule has 1 N–H and O–H groups in total. The monoisotopic (exact) mass is 463 g/mol. The molecule has 0 aliphatic heterocycles. The molecule has 0 radical (unpaired) electrons. The Morgan fingerprint density at radius 1 is 1.18 bits per heavy atom. The third-order valence-corrected chi connectivity index (χ3v) is 7.63. The summed E-state index contributed by atoms with van der Waals surface area (Å²) in [5.74, 6) is -0.0516. The van der Waals surface area contributed by atoms with Gasteiger partial charge in [0.1, 0.15) is 11.3 Å². The van der Waals surface area contributed by atoms with Gasteiger partial charge in [-0.1, -0.05) is 0 Å². The number of nitrogens with zero attached hydrogens (tertiary/aromatic N) is 6. The van der Waals surface area contributed by atoms with Crippen LogP contribution in [0.15, 0.2) is 35.5 Å². The standard InChI is InChI=1S/C24H26FN7O2/c1-14-7-16(15-9-27-30(2)11-15)17(25)8-18(14)28-21-26-10-19-20(29-21)32(22(33)31(19)3)23-5-6-24(12-23,13-23)34-4/h7-11H,5-6,12-13H2,1-4H3,(H,26,28,29). The molecule has 3 heterocycles. The molecule has 0 unspecified atom stereocenters. The molecule has 4 aromatic rings. The zero-order valence-electron chi connectivity index (χ0n) is 19.6. The van der Waals surface area contributed by atoms with E-state index in [1.165, 1.54) is 6.07 Å². The molecule has 0 amide bonds. The summed E-state index contributed by atoms with van der Waals surface area (Å²) < 4.78 is 25.7. The van der Waals surface area contributed by atoms with Gasteiger partial charge in [0.2, 0.25) is 5.95 Å². The number of anilines is 2. The van der Waals surface area contributed by atoms with Gasteiger partial charge in [0.05, 0.1) is 23.5 Å². The van der Waals surface area contributed by atoms with E-state index >= 15 is 0 Å². The summed E-state index contributed by atoms with van der Waals surface area (Å²) >= 11 is 0. The smallest absolute Gasteiger partial charge is 0.330 e. The van der Waals surface area contributed by atoms with Crippen LogP contribution in [0.25, 0.3) is 22.3 Å². The molecule has 7 rings (SSSR count). The van der Waals surface area contributed by atoms with E-state index in [-0.39, 0.29) is 22.6 Å². The number of nitrogens with one attached hydrogen (secondary N) is 1. The van der Waals surface area contributed by atoms with Crippen LogP contribution in [0.1, 0.15) is 31.2 Å². The van der Waals surface area contributed by atoms with Crippen LogP contribution in [0.5, 0.6) is 0 Å². The van der Waals surface area contributed by atoms with Crippen LogP contribution < -0.4 is 11.0 Å². The van der Waals surface area contributed by atoms with Crippen molar-refractivity contribution >= 4 is 22.8 Å². The van der Waals surface area contributed by atoms with Gasteiger partial charge in [0, 0.05) is 57.1 Å². The molecule has 3 aliphatic rings. The van der Waals surface area contributed by atoms with E-state index in [0.717, 1.165) is 31.2 Å². The van der Waals surface area contributed by atoms with Gasteiger partial charge in [-0.15, -0.1) is 0 Å². The molecule has 10 heteroatoms. The number of hydrogen-bond donors (Lipinski definition) is 1. The zero-order chi connectivity index (χ0) is 23.8. The Kier molecular flexibility index (Phi) is 4.32. The number of hydrogen-bond acceptors (Lipinski definition) is 6. The van der Waals surface area contributed by atoms with Gasteiger partial charge in [-0.2, -0.15) is 10.1 Å². The summed E-state index contributed by atoms with van der Waals surface area (Å²) in [5, 5.41) is 7.28. The van der Waals surface area contributed by atoms with Crippen molar-refractivity contribution in [1.82, 2.24) is 28.9 Å². The molecule has 3 saturated carbocycles. The topological polar surface area (TPSA) is 91.8 Å². The molecule has 2 bridgehead atoms. The Morgan fingerprint density at radius 3 is 2.65 bits per heavy atom. The zero-order valence-corrected chi connectivity index (χ0v) is 19.6. The second-order valence-corrected chi connectivity index (χ2v) is 9.72. The van der Waals surface area contributed by atoms with Gasteiger partial charge in [0.25, 0.3) is 0 Å². The highest BCUT2D eigenvalue weighted by molar-refractivity contribution is 5.75. The van der Waals surface area contributed by atoms with Crippen molar-refractivity contribution in [2.45, 2.75) is 43.7 Å². The van der Waals surface area contributed by atoms with E-state index in [0.29, 0.717) is 33.9 Å².